The van der Waals surface area contributed by atoms with E-state index in [-0.39, 0.29) is 6.04 Å². The fourth-order valence-electron chi connectivity index (χ4n) is 2.11. The van der Waals surface area contributed by atoms with Gasteiger partial charge in [0.2, 0.25) is 0 Å². The van der Waals surface area contributed by atoms with E-state index in [1.165, 1.54) is 0 Å². The number of halogens is 1. The largest absolute Gasteiger partial charge is 0.466 e. The minimum Gasteiger partial charge on any atom is -0.466 e. The lowest BCUT2D eigenvalue weighted by Crippen LogP contribution is -2.42. The number of nitrogens with two attached hydrogens (primary N) is 1. The monoisotopic (exact) mass is 304 g/mol. The third kappa shape index (κ3) is 3.55. The standard InChI is InChI=1S/C12H21BrN2O2/c1-4-15(9(2)8-16-3)11(7-14)12-10(13)5-6-17-12/h5-6,9,11H,4,7-8,14H2,1-3H3. The molecule has 0 aliphatic carbocycles. The van der Waals surface area contributed by atoms with Gasteiger partial charge in [0.05, 0.1) is 23.4 Å². The molecule has 0 fully saturated rings. The lowest BCUT2D eigenvalue weighted by Gasteiger charge is -2.33. The molecule has 1 rings (SSSR count). The van der Waals surface area contributed by atoms with Crippen LogP contribution >= 0.6 is 15.9 Å². The molecule has 1 aromatic rings. The van der Waals surface area contributed by atoms with Crippen LogP contribution in [0.15, 0.2) is 21.2 Å². The van der Waals surface area contributed by atoms with Crippen LogP contribution < -0.4 is 5.73 Å². The Bertz CT molecular complexity index is 330. The van der Waals surface area contributed by atoms with Crippen molar-refractivity contribution in [1.29, 1.82) is 0 Å². The summed E-state index contributed by atoms with van der Waals surface area (Å²) in [5, 5.41) is 0. The number of nitrogens with zero attached hydrogens (tertiary/aromatic N) is 1. The normalized spacial score (nSPS) is 15.2. The Kier molecular flexibility index (Phi) is 6.19. The molecule has 0 radical (unpaired) electrons. The minimum absolute atomic E-state index is 0.0783. The van der Waals surface area contributed by atoms with Gasteiger partial charge in [-0.1, -0.05) is 6.92 Å². The van der Waals surface area contributed by atoms with Crippen molar-refractivity contribution in [3.63, 3.8) is 0 Å². The zero-order chi connectivity index (χ0) is 12.8. The third-order valence-corrected chi connectivity index (χ3v) is 3.57. The van der Waals surface area contributed by atoms with Crippen molar-refractivity contribution in [2.75, 3.05) is 26.8 Å². The van der Waals surface area contributed by atoms with Gasteiger partial charge in [-0.15, -0.1) is 0 Å². The van der Waals surface area contributed by atoms with E-state index in [9.17, 15) is 0 Å². The molecule has 4 nitrogen and oxygen atoms in total. The Labute approximate surface area is 111 Å². The maximum absolute atomic E-state index is 5.88. The summed E-state index contributed by atoms with van der Waals surface area (Å²) in [6.45, 7) is 6.36. The summed E-state index contributed by atoms with van der Waals surface area (Å²) >= 11 is 3.49. The van der Waals surface area contributed by atoms with Crippen LogP contribution in [0.4, 0.5) is 0 Å². The maximum atomic E-state index is 5.88. The summed E-state index contributed by atoms with van der Waals surface area (Å²) in [7, 11) is 1.71. The summed E-state index contributed by atoms with van der Waals surface area (Å²) in [5.74, 6) is 0.886. The molecule has 1 aromatic heterocycles. The molecule has 0 bridgehead atoms. The fraction of sp³-hybridized carbons (Fsp3) is 0.667. The summed E-state index contributed by atoms with van der Waals surface area (Å²) in [4.78, 5) is 2.28. The van der Waals surface area contributed by atoms with E-state index in [0.29, 0.717) is 19.2 Å². The van der Waals surface area contributed by atoms with Crippen molar-refractivity contribution >= 4 is 15.9 Å². The molecule has 0 saturated carbocycles. The molecule has 98 valence electrons. The molecule has 0 aliphatic heterocycles. The molecular formula is C12H21BrN2O2. The van der Waals surface area contributed by atoms with E-state index < -0.39 is 0 Å². The zero-order valence-electron chi connectivity index (χ0n) is 10.6. The van der Waals surface area contributed by atoms with Crippen molar-refractivity contribution < 1.29 is 9.15 Å². The first-order chi connectivity index (χ1) is 8.15. The van der Waals surface area contributed by atoms with Crippen LogP contribution in [-0.2, 0) is 4.74 Å². The molecular weight excluding hydrogens is 284 g/mol. The summed E-state index contributed by atoms with van der Waals surface area (Å²) in [5.41, 5.74) is 5.88. The number of hydrogen-bond acceptors (Lipinski definition) is 4. The second-order valence-electron chi connectivity index (χ2n) is 4.02. The summed E-state index contributed by atoms with van der Waals surface area (Å²) in [6, 6.07) is 2.28. The van der Waals surface area contributed by atoms with E-state index in [4.69, 9.17) is 14.9 Å². The average molecular weight is 305 g/mol. The summed E-state index contributed by atoms with van der Waals surface area (Å²) in [6.07, 6.45) is 1.68. The molecule has 0 aliphatic rings. The van der Waals surface area contributed by atoms with Crippen molar-refractivity contribution in [3.05, 3.63) is 22.6 Å². The lowest BCUT2D eigenvalue weighted by atomic mass is 10.1. The molecule has 0 spiro atoms. The van der Waals surface area contributed by atoms with Gasteiger partial charge in [-0.2, -0.15) is 0 Å². The molecule has 2 atom stereocenters. The Hall–Kier alpha value is -0.360. The van der Waals surface area contributed by atoms with Gasteiger partial charge in [0.1, 0.15) is 5.76 Å². The SMILES string of the molecule is CCN(C(C)COC)C(CN)c1occc1Br. The van der Waals surface area contributed by atoms with Crippen molar-refractivity contribution in [1.82, 2.24) is 4.90 Å². The van der Waals surface area contributed by atoms with Gasteiger partial charge in [-0.25, -0.2) is 0 Å². The van der Waals surface area contributed by atoms with Gasteiger partial charge in [0, 0.05) is 19.7 Å². The van der Waals surface area contributed by atoms with E-state index in [2.05, 4.69) is 34.7 Å². The van der Waals surface area contributed by atoms with Crippen LogP contribution in [0.1, 0.15) is 25.6 Å². The van der Waals surface area contributed by atoms with Gasteiger partial charge in [-0.05, 0) is 35.5 Å². The van der Waals surface area contributed by atoms with Crippen LogP contribution in [0.2, 0.25) is 0 Å². The number of ether oxygens (including phenoxy) is 1. The number of hydrogen-bond donors (Lipinski definition) is 1. The molecule has 0 amide bonds. The van der Waals surface area contributed by atoms with Crippen LogP contribution in [0.3, 0.4) is 0 Å². The molecule has 1 heterocycles. The highest BCUT2D eigenvalue weighted by Gasteiger charge is 2.26. The second kappa shape index (κ2) is 7.16. The predicted molar refractivity (Wildman–Crippen MR) is 71.9 cm³/mol. The molecule has 2 unspecified atom stereocenters. The molecule has 2 N–H and O–H groups in total. The summed E-state index contributed by atoms with van der Waals surface area (Å²) < 4.78 is 11.7. The van der Waals surface area contributed by atoms with E-state index in [1.54, 1.807) is 13.4 Å². The number of likely N-dealkylation sites (N-methyl/N-ethyl adjacent to an activating group) is 1. The third-order valence-electron chi connectivity index (χ3n) is 2.91. The van der Waals surface area contributed by atoms with Gasteiger partial charge < -0.3 is 14.9 Å². The molecule has 0 saturated heterocycles. The fourth-order valence-corrected chi connectivity index (χ4v) is 2.58. The van der Waals surface area contributed by atoms with Crippen LogP contribution in [-0.4, -0.2) is 37.7 Å². The second-order valence-corrected chi connectivity index (χ2v) is 4.87. The average Bonchev–Trinajstić information content (AvgIpc) is 2.72. The topological polar surface area (TPSA) is 51.6 Å². The zero-order valence-corrected chi connectivity index (χ0v) is 12.2. The van der Waals surface area contributed by atoms with Gasteiger partial charge in [-0.3, -0.25) is 4.90 Å². The van der Waals surface area contributed by atoms with E-state index in [1.807, 2.05) is 6.07 Å². The highest BCUT2D eigenvalue weighted by molar-refractivity contribution is 9.10. The van der Waals surface area contributed by atoms with Crippen LogP contribution in [0, 0.1) is 0 Å². The number of methoxy groups -OCH3 is 1. The van der Waals surface area contributed by atoms with Crippen molar-refractivity contribution in [2.24, 2.45) is 5.73 Å². The first kappa shape index (κ1) is 14.7. The maximum Gasteiger partial charge on any atom is 0.136 e. The van der Waals surface area contributed by atoms with Crippen LogP contribution in [0.25, 0.3) is 0 Å². The first-order valence-electron chi connectivity index (χ1n) is 5.83. The lowest BCUT2D eigenvalue weighted by molar-refractivity contribution is 0.0676. The van der Waals surface area contributed by atoms with Gasteiger partial charge >= 0.3 is 0 Å². The Morgan fingerprint density at radius 2 is 2.29 bits per heavy atom. The number of rotatable bonds is 7. The van der Waals surface area contributed by atoms with Gasteiger partial charge in [0.15, 0.2) is 0 Å². The molecule has 17 heavy (non-hydrogen) atoms. The minimum atomic E-state index is 0.0783. The number of furan rings is 1. The smallest absolute Gasteiger partial charge is 0.136 e. The Morgan fingerprint density at radius 1 is 1.59 bits per heavy atom. The van der Waals surface area contributed by atoms with Crippen molar-refractivity contribution in [2.45, 2.75) is 25.9 Å². The quantitative estimate of drug-likeness (QED) is 0.840. The van der Waals surface area contributed by atoms with Crippen molar-refractivity contribution in [3.8, 4) is 0 Å². The predicted octanol–water partition coefficient (Wildman–Crippen LogP) is 2.40. The highest BCUT2D eigenvalue weighted by Crippen LogP contribution is 2.29. The first-order valence-corrected chi connectivity index (χ1v) is 6.62. The molecule has 5 heteroatoms. The van der Waals surface area contributed by atoms with E-state index >= 15 is 0 Å². The van der Waals surface area contributed by atoms with Gasteiger partial charge in [0.25, 0.3) is 0 Å². The van der Waals surface area contributed by atoms with Crippen LogP contribution in [0.5, 0.6) is 0 Å². The van der Waals surface area contributed by atoms with E-state index in [0.717, 1.165) is 16.8 Å². The Balaban J connectivity index is 2.87. The Morgan fingerprint density at radius 3 is 2.71 bits per heavy atom. The highest BCUT2D eigenvalue weighted by atomic mass is 79.9. The molecule has 0 aromatic carbocycles.